The van der Waals surface area contributed by atoms with E-state index in [0.717, 1.165) is 53.8 Å². The first-order chi connectivity index (χ1) is 16.0. The van der Waals surface area contributed by atoms with E-state index in [1.54, 1.807) is 21.3 Å². The molecule has 2 aromatic rings. The van der Waals surface area contributed by atoms with E-state index < -0.39 is 0 Å². The molecule has 0 spiro atoms. The third kappa shape index (κ3) is 4.66. The number of anilines is 1. The van der Waals surface area contributed by atoms with Gasteiger partial charge in [-0.3, -0.25) is 4.79 Å². The van der Waals surface area contributed by atoms with Crippen LogP contribution in [0.15, 0.2) is 24.3 Å². The van der Waals surface area contributed by atoms with Gasteiger partial charge in [-0.05, 0) is 74.3 Å². The van der Waals surface area contributed by atoms with Crippen molar-refractivity contribution in [1.82, 2.24) is 10.3 Å². The van der Waals surface area contributed by atoms with Gasteiger partial charge in [0.15, 0.2) is 0 Å². The average molecular weight is 456 g/mol. The summed E-state index contributed by atoms with van der Waals surface area (Å²) in [7, 11) is 5.17. The van der Waals surface area contributed by atoms with Crippen molar-refractivity contribution in [2.24, 2.45) is 17.8 Å². The van der Waals surface area contributed by atoms with E-state index in [-0.39, 0.29) is 36.0 Å². The van der Waals surface area contributed by atoms with E-state index in [0.29, 0.717) is 12.3 Å². The van der Waals surface area contributed by atoms with Crippen molar-refractivity contribution in [2.45, 2.75) is 57.8 Å². The van der Waals surface area contributed by atoms with E-state index >= 15 is 0 Å². The molecule has 1 aromatic heterocycles. The van der Waals surface area contributed by atoms with Gasteiger partial charge in [-0.2, -0.15) is 0 Å². The van der Waals surface area contributed by atoms with Crippen LogP contribution in [0, 0.1) is 17.8 Å². The van der Waals surface area contributed by atoms with Gasteiger partial charge in [0.1, 0.15) is 11.6 Å². The Bertz CT molecular complexity index is 981. The van der Waals surface area contributed by atoms with E-state index in [9.17, 15) is 4.79 Å². The number of hydrogen-bond donors (Lipinski definition) is 2. The minimum Gasteiger partial charge on any atom is -0.497 e. The maximum absolute atomic E-state index is 13.4. The van der Waals surface area contributed by atoms with Crippen molar-refractivity contribution in [1.29, 1.82) is 0 Å². The third-order valence-corrected chi connectivity index (χ3v) is 7.60. The minimum absolute atomic E-state index is 0.00869. The van der Waals surface area contributed by atoms with Crippen molar-refractivity contribution in [3.63, 3.8) is 0 Å². The van der Waals surface area contributed by atoms with Crippen molar-refractivity contribution in [3.8, 4) is 5.75 Å². The minimum atomic E-state index is -0.129. The number of methoxy groups -OCH3 is 3. The standard InChI is InChI=1S/C26H37N3O4/c1-6-21-19-14-24(33-5)23(32-4)13-18(19)20(26(30)29-21)12-16-10-15-11-17(31-3)8-9-22(15)28-25(16)27-7-2/h8-11,18-21,23-24H,6-7,12-14H2,1-5H3,(H,27,28)(H,29,30). The van der Waals surface area contributed by atoms with Crippen molar-refractivity contribution >= 4 is 22.6 Å². The largest absolute Gasteiger partial charge is 0.497 e. The maximum atomic E-state index is 13.4. The molecule has 33 heavy (non-hydrogen) atoms. The summed E-state index contributed by atoms with van der Waals surface area (Å²) in [5.41, 5.74) is 1.97. The Labute approximate surface area is 196 Å². The predicted molar refractivity (Wildman–Crippen MR) is 130 cm³/mol. The zero-order valence-corrected chi connectivity index (χ0v) is 20.4. The Morgan fingerprint density at radius 3 is 2.42 bits per heavy atom. The molecule has 2 aliphatic rings. The highest BCUT2D eigenvalue weighted by atomic mass is 16.5. The Morgan fingerprint density at radius 2 is 1.79 bits per heavy atom. The van der Waals surface area contributed by atoms with Crippen LogP contribution in [-0.2, 0) is 20.7 Å². The van der Waals surface area contributed by atoms with E-state index in [1.165, 1.54) is 0 Å². The molecule has 6 unspecified atom stereocenters. The summed E-state index contributed by atoms with van der Waals surface area (Å²) >= 11 is 0. The van der Waals surface area contributed by atoms with Gasteiger partial charge in [-0.25, -0.2) is 4.98 Å². The quantitative estimate of drug-likeness (QED) is 0.630. The summed E-state index contributed by atoms with van der Waals surface area (Å²) in [6.07, 6.45) is 3.37. The maximum Gasteiger partial charge on any atom is 0.223 e. The summed E-state index contributed by atoms with van der Waals surface area (Å²) in [6, 6.07) is 8.24. The monoisotopic (exact) mass is 455 g/mol. The molecule has 2 heterocycles. The van der Waals surface area contributed by atoms with Gasteiger partial charge in [-0.15, -0.1) is 0 Å². The first-order valence-corrected chi connectivity index (χ1v) is 12.1. The predicted octanol–water partition coefficient (Wildman–Crippen LogP) is 3.80. The van der Waals surface area contributed by atoms with Gasteiger partial charge in [0.05, 0.1) is 24.8 Å². The molecule has 2 fully saturated rings. The SMILES string of the molecule is CCNc1nc2ccc(OC)cc2cc1CC1C(=O)NC(CC)C2CC(OC)C(OC)CC12. The summed E-state index contributed by atoms with van der Waals surface area (Å²) in [5, 5.41) is 7.75. The first kappa shape index (κ1) is 23.8. The summed E-state index contributed by atoms with van der Waals surface area (Å²) in [6.45, 7) is 4.98. The number of carbonyl (C=O) groups is 1. The zero-order valence-electron chi connectivity index (χ0n) is 20.4. The number of hydrogen-bond acceptors (Lipinski definition) is 6. The second kappa shape index (κ2) is 10.3. The summed E-state index contributed by atoms with van der Waals surface area (Å²) in [4.78, 5) is 18.2. The number of carbonyl (C=O) groups excluding carboxylic acids is 1. The molecule has 0 radical (unpaired) electrons. The average Bonchev–Trinajstić information content (AvgIpc) is 2.84. The molecule has 4 rings (SSSR count). The molecule has 1 aromatic carbocycles. The molecule has 2 N–H and O–H groups in total. The van der Waals surface area contributed by atoms with Crippen LogP contribution in [-0.4, -0.2) is 57.0 Å². The van der Waals surface area contributed by atoms with Crippen LogP contribution in [0.5, 0.6) is 5.75 Å². The van der Waals surface area contributed by atoms with Gasteiger partial charge >= 0.3 is 0 Å². The van der Waals surface area contributed by atoms with E-state index in [4.69, 9.17) is 19.2 Å². The fourth-order valence-corrected chi connectivity index (χ4v) is 5.89. The van der Waals surface area contributed by atoms with Crippen LogP contribution < -0.4 is 15.4 Å². The number of nitrogens with one attached hydrogen (secondary N) is 2. The fourth-order valence-electron chi connectivity index (χ4n) is 5.89. The number of piperidine rings is 1. The summed E-state index contributed by atoms with van der Waals surface area (Å²) < 4.78 is 17.0. The molecule has 1 saturated carbocycles. The molecule has 7 nitrogen and oxygen atoms in total. The lowest BCUT2D eigenvalue weighted by molar-refractivity contribution is -0.144. The van der Waals surface area contributed by atoms with Crippen LogP contribution in [0.4, 0.5) is 5.82 Å². The second-order valence-electron chi connectivity index (χ2n) is 9.27. The van der Waals surface area contributed by atoms with Crippen LogP contribution in [0.3, 0.4) is 0 Å². The Kier molecular flexibility index (Phi) is 7.39. The Hall–Kier alpha value is -2.38. The second-order valence-corrected chi connectivity index (χ2v) is 9.27. The highest BCUT2D eigenvalue weighted by Gasteiger charge is 2.49. The summed E-state index contributed by atoms with van der Waals surface area (Å²) in [5.74, 6) is 2.29. The molecule has 1 saturated heterocycles. The highest BCUT2D eigenvalue weighted by molar-refractivity contribution is 5.84. The smallest absolute Gasteiger partial charge is 0.223 e. The molecule has 1 amide bonds. The number of amides is 1. The van der Waals surface area contributed by atoms with Crippen molar-refractivity contribution in [3.05, 3.63) is 29.8 Å². The van der Waals surface area contributed by atoms with Gasteiger partial charge in [0.25, 0.3) is 0 Å². The molecular formula is C26H37N3O4. The molecule has 1 aliphatic heterocycles. The molecule has 7 heteroatoms. The van der Waals surface area contributed by atoms with Crippen LogP contribution in [0.1, 0.15) is 38.7 Å². The van der Waals surface area contributed by atoms with Crippen LogP contribution >= 0.6 is 0 Å². The molecule has 6 atom stereocenters. The molecule has 180 valence electrons. The number of fused-ring (bicyclic) bond motifs is 2. The molecule has 0 bridgehead atoms. The number of nitrogens with zero attached hydrogens (tertiary/aromatic N) is 1. The van der Waals surface area contributed by atoms with Gasteiger partial charge in [0.2, 0.25) is 5.91 Å². The lowest BCUT2D eigenvalue weighted by atomic mass is 9.63. The Morgan fingerprint density at radius 1 is 1.06 bits per heavy atom. The van der Waals surface area contributed by atoms with Crippen molar-refractivity contribution < 1.29 is 19.0 Å². The topological polar surface area (TPSA) is 81.7 Å². The first-order valence-electron chi connectivity index (χ1n) is 12.1. The van der Waals surface area contributed by atoms with E-state index in [1.807, 2.05) is 18.2 Å². The number of rotatable bonds is 8. The molecular weight excluding hydrogens is 418 g/mol. The number of aromatic nitrogens is 1. The van der Waals surface area contributed by atoms with E-state index in [2.05, 4.69) is 30.5 Å². The number of benzene rings is 1. The highest BCUT2D eigenvalue weighted by Crippen LogP contribution is 2.44. The van der Waals surface area contributed by atoms with Crippen LogP contribution in [0.2, 0.25) is 0 Å². The zero-order chi connectivity index (χ0) is 23.5. The number of ether oxygens (including phenoxy) is 3. The fraction of sp³-hybridized carbons (Fsp3) is 0.615. The lowest BCUT2D eigenvalue weighted by Crippen LogP contribution is -2.59. The normalized spacial score (nSPS) is 29.4. The van der Waals surface area contributed by atoms with Crippen molar-refractivity contribution in [2.75, 3.05) is 33.2 Å². The lowest BCUT2D eigenvalue weighted by Gasteiger charge is -2.49. The third-order valence-electron chi connectivity index (χ3n) is 7.60. The van der Waals surface area contributed by atoms with Gasteiger partial charge in [0, 0.05) is 38.1 Å². The Balaban J connectivity index is 1.70. The van der Waals surface area contributed by atoms with Gasteiger partial charge in [-0.1, -0.05) is 6.92 Å². The van der Waals surface area contributed by atoms with Gasteiger partial charge < -0.3 is 24.8 Å². The number of pyridine rings is 1. The molecule has 1 aliphatic carbocycles. The van der Waals surface area contributed by atoms with Crippen LogP contribution in [0.25, 0.3) is 10.9 Å².